The molecule has 0 unspecified atom stereocenters. The maximum atomic E-state index is 13.2. The van der Waals surface area contributed by atoms with E-state index in [0.29, 0.717) is 21.9 Å². The molecule has 160 valence electrons. The van der Waals surface area contributed by atoms with Crippen LogP contribution in [0.4, 0.5) is 0 Å². The molecule has 1 amide bonds. The average molecular weight is 445 g/mol. The predicted molar refractivity (Wildman–Crippen MR) is 124 cm³/mol. The summed E-state index contributed by atoms with van der Waals surface area (Å²) in [6.45, 7) is 4.41. The van der Waals surface area contributed by atoms with E-state index in [0.717, 1.165) is 70.4 Å². The summed E-state index contributed by atoms with van der Waals surface area (Å²) in [4.78, 5) is 17.7. The third kappa shape index (κ3) is 5.57. The van der Waals surface area contributed by atoms with Crippen molar-refractivity contribution in [2.75, 3.05) is 26.2 Å². The minimum absolute atomic E-state index is 0.107. The molecule has 2 aliphatic heterocycles. The Hall–Kier alpha value is -1.55. The molecule has 0 radical (unpaired) electrons. The van der Waals surface area contributed by atoms with Crippen molar-refractivity contribution >= 4 is 29.1 Å². The summed E-state index contributed by atoms with van der Waals surface area (Å²) < 4.78 is 0. The van der Waals surface area contributed by atoms with Crippen molar-refractivity contribution in [3.63, 3.8) is 0 Å². The SMILES string of the molecule is O=C([C@H]1CCCN(Cc2ccc(Cl)cc2Cl)C1)N1CCC(Cc2ccccc2)CC1. The molecule has 2 aromatic rings. The lowest BCUT2D eigenvalue weighted by molar-refractivity contribution is -0.138. The van der Waals surface area contributed by atoms with Gasteiger partial charge in [-0.25, -0.2) is 0 Å². The molecule has 2 saturated heterocycles. The van der Waals surface area contributed by atoms with E-state index in [1.807, 2.05) is 12.1 Å². The van der Waals surface area contributed by atoms with Gasteiger partial charge in [-0.05, 0) is 67.8 Å². The highest BCUT2D eigenvalue weighted by atomic mass is 35.5. The Balaban J connectivity index is 1.28. The average Bonchev–Trinajstić information content (AvgIpc) is 2.77. The lowest BCUT2D eigenvalue weighted by Gasteiger charge is -2.38. The Labute approximate surface area is 190 Å². The molecule has 30 heavy (non-hydrogen) atoms. The van der Waals surface area contributed by atoms with Crippen molar-refractivity contribution in [3.05, 3.63) is 69.7 Å². The van der Waals surface area contributed by atoms with Gasteiger partial charge < -0.3 is 4.90 Å². The number of hydrogen-bond donors (Lipinski definition) is 0. The largest absolute Gasteiger partial charge is 0.342 e. The lowest BCUT2D eigenvalue weighted by atomic mass is 9.89. The first-order valence-electron chi connectivity index (χ1n) is 11.1. The van der Waals surface area contributed by atoms with Gasteiger partial charge >= 0.3 is 0 Å². The van der Waals surface area contributed by atoms with E-state index in [4.69, 9.17) is 23.2 Å². The van der Waals surface area contributed by atoms with Crippen LogP contribution in [0.3, 0.4) is 0 Å². The van der Waals surface area contributed by atoms with Crippen LogP contribution in [0, 0.1) is 11.8 Å². The van der Waals surface area contributed by atoms with Gasteiger partial charge in [0.15, 0.2) is 0 Å². The van der Waals surface area contributed by atoms with Crippen molar-refractivity contribution in [2.24, 2.45) is 11.8 Å². The first-order valence-corrected chi connectivity index (χ1v) is 11.8. The minimum atomic E-state index is 0.107. The van der Waals surface area contributed by atoms with E-state index in [1.54, 1.807) is 6.07 Å². The smallest absolute Gasteiger partial charge is 0.226 e. The molecule has 4 rings (SSSR count). The van der Waals surface area contributed by atoms with Crippen molar-refractivity contribution < 1.29 is 4.79 Å². The number of amides is 1. The molecule has 0 aromatic heterocycles. The zero-order valence-electron chi connectivity index (χ0n) is 17.4. The van der Waals surface area contributed by atoms with Crippen LogP contribution in [0.5, 0.6) is 0 Å². The molecule has 0 saturated carbocycles. The van der Waals surface area contributed by atoms with E-state index in [2.05, 4.69) is 40.1 Å². The number of nitrogens with zero attached hydrogens (tertiary/aromatic N) is 2. The van der Waals surface area contributed by atoms with Crippen molar-refractivity contribution in [3.8, 4) is 0 Å². The van der Waals surface area contributed by atoms with Crippen LogP contribution in [-0.4, -0.2) is 41.9 Å². The second kappa shape index (κ2) is 10.2. The minimum Gasteiger partial charge on any atom is -0.342 e. The van der Waals surface area contributed by atoms with Gasteiger partial charge in [0.25, 0.3) is 0 Å². The van der Waals surface area contributed by atoms with Crippen molar-refractivity contribution in [1.82, 2.24) is 9.80 Å². The normalized spacial score (nSPS) is 21.0. The van der Waals surface area contributed by atoms with Gasteiger partial charge in [0, 0.05) is 36.2 Å². The Morgan fingerprint density at radius 2 is 1.73 bits per heavy atom. The van der Waals surface area contributed by atoms with Crippen LogP contribution >= 0.6 is 23.2 Å². The molecular weight excluding hydrogens is 415 g/mol. The molecule has 0 bridgehead atoms. The van der Waals surface area contributed by atoms with Crippen LogP contribution < -0.4 is 0 Å². The van der Waals surface area contributed by atoms with E-state index in [-0.39, 0.29) is 5.92 Å². The van der Waals surface area contributed by atoms with Crippen LogP contribution in [-0.2, 0) is 17.8 Å². The topological polar surface area (TPSA) is 23.6 Å². The molecule has 0 aliphatic carbocycles. The summed E-state index contributed by atoms with van der Waals surface area (Å²) in [6, 6.07) is 16.4. The predicted octanol–water partition coefficient (Wildman–Crippen LogP) is 5.69. The fourth-order valence-electron chi connectivity index (χ4n) is 4.85. The Kier molecular flexibility index (Phi) is 7.35. The first-order chi connectivity index (χ1) is 14.6. The number of rotatable bonds is 5. The van der Waals surface area contributed by atoms with Gasteiger partial charge in [-0.15, -0.1) is 0 Å². The summed E-state index contributed by atoms with van der Waals surface area (Å²) in [6.07, 6.45) is 5.40. The number of benzene rings is 2. The molecular formula is C25H30Cl2N2O. The van der Waals surface area contributed by atoms with Crippen LogP contribution in [0.15, 0.2) is 48.5 Å². The van der Waals surface area contributed by atoms with Gasteiger partial charge in [0.1, 0.15) is 0 Å². The number of piperidine rings is 2. The zero-order valence-corrected chi connectivity index (χ0v) is 18.9. The Bertz CT molecular complexity index is 849. The number of likely N-dealkylation sites (tertiary alicyclic amines) is 2. The van der Waals surface area contributed by atoms with E-state index < -0.39 is 0 Å². The Morgan fingerprint density at radius 1 is 0.967 bits per heavy atom. The quantitative estimate of drug-likeness (QED) is 0.591. The van der Waals surface area contributed by atoms with Crippen LogP contribution in [0.1, 0.15) is 36.8 Å². The highest BCUT2D eigenvalue weighted by Crippen LogP contribution is 2.27. The van der Waals surface area contributed by atoms with E-state index in [9.17, 15) is 4.79 Å². The Morgan fingerprint density at radius 3 is 2.47 bits per heavy atom. The number of hydrogen-bond acceptors (Lipinski definition) is 2. The van der Waals surface area contributed by atoms with Crippen LogP contribution in [0.2, 0.25) is 10.0 Å². The van der Waals surface area contributed by atoms with Crippen LogP contribution in [0.25, 0.3) is 0 Å². The van der Waals surface area contributed by atoms with Gasteiger partial charge in [-0.3, -0.25) is 9.69 Å². The third-order valence-corrected chi connectivity index (χ3v) is 7.14. The monoisotopic (exact) mass is 444 g/mol. The number of carbonyl (C=O) groups excluding carboxylic acids is 1. The lowest BCUT2D eigenvalue weighted by Crippen LogP contribution is -2.47. The summed E-state index contributed by atoms with van der Waals surface area (Å²) >= 11 is 12.4. The molecule has 3 nitrogen and oxygen atoms in total. The molecule has 2 aromatic carbocycles. The summed E-state index contributed by atoms with van der Waals surface area (Å²) in [7, 11) is 0. The number of carbonyl (C=O) groups is 1. The van der Waals surface area contributed by atoms with Gasteiger partial charge in [0.2, 0.25) is 5.91 Å². The zero-order chi connectivity index (χ0) is 20.9. The molecule has 2 heterocycles. The van der Waals surface area contributed by atoms with Crippen molar-refractivity contribution in [2.45, 2.75) is 38.6 Å². The van der Waals surface area contributed by atoms with Gasteiger partial charge in [0.05, 0.1) is 5.92 Å². The first kappa shape index (κ1) is 21.7. The molecule has 1 atom stereocenters. The third-order valence-electron chi connectivity index (χ3n) is 6.56. The molecule has 2 aliphatic rings. The van der Waals surface area contributed by atoms with Crippen molar-refractivity contribution in [1.29, 1.82) is 0 Å². The molecule has 0 N–H and O–H groups in total. The standard InChI is InChI=1S/C25H30Cl2N2O/c26-23-9-8-21(24(27)16-23)17-28-12-4-7-22(18-28)25(30)29-13-10-20(11-14-29)15-19-5-2-1-3-6-19/h1-3,5-6,8-9,16,20,22H,4,7,10-15,17-18H2/t22-/m0/s1. The molecule has 2 fully saturated rings. The maximum absolute atomic E-state index is 13.2. The van der Waals surface area contributed by atoms with E-state index >= 15 is 0 Å². The summed E-state index contributed by atoms with van der Waals surface area (Å²) in [5.74, 6) is 1.14. The fourth-order valence-corrected chi connectivity index (χ4v) is 5.32. The second-order valence-electron chi connectivity index (χ2n) is 8.77. The fraction of sp³-hybridized carbons (Fsp3) is 0.480. The summed E-state index contributed by atoms with van der Waals surface area (Å²) in [5.41, 5.74) is 2.49. The van der Waals surface area contributed by atoms with Gasteiger partial charge in [-0.1, -0.05) is 59.6 Å². The molecule has 5 heteroatoms. The van der Waals surface area contributed by atoms with Gasteiger partial charge in [-0.2, -0.15) is 0 Å². The van der Waals surface area contributed by atoms with E-state index in [1.165, 1.54) is 5.56 Å². The highest BCUT2D eigenvalue weighted by Gasteiger charge is 2.31. The molecule has 0 spiro atoms. The maximum Gasteiger partial charge on any atom is 0.226 e. The second-order valence-corrected chi connectivity index (χ2v) is 9.61. The number of halogens is 2. The summed E-state index contributed by atoms with van der Waals surface area (Å²) in [5, 5.41) is 1.36. The highest BCUT2D eigenvalue weighted by molar-refractivity contribution is 6.35.